The van der Waals surface area contributed by atoms with Crippen LogP contribution in [0.2, 0.25) is 5.02 Å². The maximum atomic E-state index is 13.1. The Hall–Kier alpha value is -2.15. The molecule has 3 rings (SSSR count). The van der Waals surface area contributed by atoms with Crippen LogP contribution in [0.5, 0.6) is 0 Å². The molecule has 0 aliphatic carbocycles. The van der Waals surface area contributed by atoms with Gasteiger partial charge in [0, 0.05) is 22.6 Å². The van der Waals surface area contributed by atoms with Crippen molar-refractivity contribution in [2.45, 2.75) is 11.8 Å². The van der Waals surface area contributed by atoms with Crippen LogP contribution in [0, 0.1) is 6.92 Å². The van der Waals surface area contributed by atoms with Gasteiger partial charge in [-0.05, 0) is 49.4 Å². The Morgan fingerprint density at radius 2 is 1.61 bits per heavy atom. The number of hydrogen-bond acceptors (Lipinski definition) is 3. The van der Waals surface area contributed by atoms with E-state index in [0.717, 1.165) is 9.87 Å². The molecule has 0 aliphatic heterocycles. The van der Waals surface area contributed by atoms with Gasteiger partial charge in [-0.1, -0.05) is 57.4 Å². The molecule has 0 radical (unpaired) electrons. The number of nitrogens with zero attached hydrogens (tertiary/aromatic N) is 1. The minimum Gasteiger partial charge on any atom is -0.288 e. The first-order valence-electron chi connectivity index (χ1n) is 8.36. The first-order chi connectivity index (χ1) is 13.2. The van der Waals surface area contributed by atoms with Crippen molar-refractivity contribution in [1.29, 1.82) is 0 Å². The highest BCUT2D eigenvalue weighted by molar-refractivity contribution is 9.10. The Balaban J connectivity index is 2.11. The third kappa shape index (κ3) is 3.99. The van der Waals surface area contributed by atoms with Crippen molar-refractivity contribution in [3.63, 3.8) is 0 Å². The van der Waals surface area contributed by atoms with Crippen LogP contribution in [0.25, 0.3) is 0 Å². The summed E-state index contributed by atoms with van der Waals surface area (Å²) in [5.41, 5.74) is 1.78. The molecule has 0 bridgehead atoms. The summed E-state index contributed by atoms with van der Waals surface area (Å²) >= 11 is 9.53. The summed E-state index contributed by atoms with van der Waals surface area (Å²) < 4.78 is 27.9. The van der Waals surface area contributed by atoms with Crippen LogP contribution in [0.1, 0.15) is 21.5 Å². The largest absolute Gasteiger partial charge is 0.288 e. The van der Waals surface area contributed by atoms with Gasteiger partial charge >= 0.3 is 0 Å². The number of aryl methyl sites for hydroxylation is 1. The average Bonchev–Trinajstić information content (AvgIpc) is 2.67. The quantitative estimate of drug-likeness (QED) is 0.457. The van der Waals surface area contributed by atoms with Crippen LogP contribution >= 0.6 is 27.5 Å². The smallest absolute Gasteiger partial charge is 0.264 e. The number of carbonyl (C=O) groups is 1. The lowest BCUT2D eigenvalue weighted by Crippen LogP contribution is -2.28. The monoisotopic (exact) mass is 477 g/mol. The van der Waals surface area contributed by atoms with Gasteiger partial charge in [0.05, 0.1) is 15.6 Å². The van der Waals surface area contributed by atoms with Crippen LogP contribution in [0.4, 0.5) is 5.69 Å². The Kier molecular flexibility index (Phi) is 5.93. The van der Waals surface area contributed by atoms with E-state index in [4.69, 9.17) is 11.6 Å². The van der Waals surface area contributed by atoms with E-state index in [-0.39, 0.29) is 21.9 Å². The van der Waals surface area contributed by atoms with Crippen molar-refractivity contribution in [2.24, 2.45) is 0 Å². The summed E-state index contributed by atoms with van der Waals surface area (Å²) in [6.07, 6.45) is 0. The van der Waals surface area contributed by atoms with Gasteiger partial charge in [-0.25, -0.2) is 8.42 Å². The summed E-state index contributed by atoms with van der Waals surface area (Å²) in [6.45, 7) is 1.88. The van der Waals surface area contributed by atoms with E-state index in [2.05, 4.69) is 15.9 Å². The van der Waals surface area contributed by atoms with E-state index in [0.29, 0.717) is 15.1 Å². The van der Waals surface area contributed by atoms with Crippen molar-refractivity contribution in [3.8, 4) is 0 Å². The van der Waals surface area contributed by atoms with Gasteiger partial charge in [0.2, 0.25) is 0 Å². The van der Waals surface area contributed by atoms with E-state index in [1.807, 2.05) is 6.92 Å². The molecule has 0 N–H and O–H groups in total. The molecule has 0 aromatic heterocycles. The molecule has 3 aromatic rings. The molecule has 3 aromatic carbocycles. The maximum absolute atomic E-state index is 13.1. The van der Waals surface area contributed by atoms with E-state index < -0.39 is 10.0 Å². The number of anilines is 1. The Bertz CT molecular complexity index is 1140. The van der Waals surface area contributed by atoms with Crippen LogP contribution < -0.4 is 4.31 Å². The van der Waals surface area contributed by atoms with Crippen LogP contribution in [-0.2, 0) is 10.0 Å². The molecule has 28 heavy (non-hydrogen) atoms. The highest BCUT2D eigenvalue weighted by atomic mass is 79.9. The van der Waals surface area contributed by atoms with Crippen LogP contribution in [0.15, 0.2) is 76.1 Å². The second kappa shape index (κ2) is 8.07. The van der Waals surface area contributed by atoms with Gasteiger partial charge in [0.1, 0.15) is 0 Å². The van der Waals surface area contributed by atoms with Crippen LogP contribution in [-0.4, -0.2) is 21.2 Å². The number of benzene rings is 3. The molecule has 7 heteroatoms. The number of carbonyl (C=O) groups excluding carboxylic acids is 1. The second-order valence-electron chi connectivity index (χ2n) is 6.26. The Morgan fingerprint density at radius 1 is 0.964 bits per heavy atom. The number of sulfonamides is 1. The first-order valence-corrected chi connectivity index (χ1v) is 11.0. The molecule has 0 heterocycles. The number of halogens is 2. The van der Waals surface area contributed by atoms with E-state index in [9.17, 15) is 13.2 Å². The Morgan fingerprint density at radius 3 is 2.25 bits per heavy atom. The van der Waals surface area contributed by atoms with Gasteiger partial charge in [-0.15, -0.1) is 0 Å². The molecule has 0 amide bonds. The van der Waals surface area contributed by atoms with E-state index in [1.54, 1.807) is 66.7 Å². The SMILES string of the molecule is Cc1ccc(S(=O)(=O)N(C)c2ccc(Br)cc2C(=O)c2ccccc2Cl)cc1. The molecule has 4 nitrogen and oxygen atoms in total. The molecule has 144 valence electrons. The van der Waals surface area contributed by atoms with Gasteiger partial charge in [-0.2, -0.15) is 0 Å². The fourth-order valence-corrected chi connectivity index (χ4v) is 4.55. The maximum Gasteiger partial charge on any atom is 0.264 e. The summed E-state index contributed by atoms with van der Waals surface area (Å²) in [7, 11) is -2.40. The predicted octanol–water partition coefficient (Wildman–Crippen LogP) is 5.47. The lowest BCUT2D eigenvalue weighted by molar-refractivity contribution is 0.103. The summed E-state index contributed by atoms with van der Waals surface area (Å²) in [4.78, 5) is 13.3. The van der Waals surface area contributed by atoms with Crippen molar-refractivity contribution in [1.82, 2.24) is 0 Å². The fraction of sp³-hybridized carbons (Fsp3) is 0.0952. The minimum absolute atomic E-state index is 0.152. The number of hydrogen-bond donors (Lipinski definition) is 0. The molecule has 0 spiro atoms. The standard InChI is InChI=1S/C21H17BrClNO3S/c1-14-7-10-16(11-8-14)28(26,27)24(2)20-12-9-15(22)13-18(20)21(25)17-5-3-4-6-19(17)23/h3-13H,1-2H3. The second-order valence-corrected chi connectivity index (χ2v) is 9.55. The van der Waals surface area contributed by atoms with E-state index >= 15 is 0 Å². The molecule has 0 unspecified atom stereocenters. The summed E-state index contributed by atoms with van der Waals surface area (Å²) in [5.74, 6) is -0.354. The number of rotatable bonds is 5. The zero-order valence-corrected chi connectivity index (χ0v) is 18.3. The number of ketones is 1. The zero-order chi connectivity index (χ0) is 20.5. The van der Waals surface area contributed by atoms with Gasteiger partial charge in [-0.3, -0.25) is 9.10 Å². The zero-order valence-electron chi connectivity index (χ0n) is 15.2. The van der Waals surface area contributed by atoms with Gasteiger partial charge in [0.25, 0.3) is 10.0 Å². The highest BCUT2D eigenvalue weighted by Gasteiger charge is 2.26. The molecule has 0 atom stereocenters. The predicted molar refractivity (Wildman–Crippen MR) is 116 cm³/mol. The van der Waals surface area contributed by atoms with Crippen molar-refractivity contribution < 1.29 is 13.2 Å². The van der Waals surface area contributed by atoms with Gasteiger partial charge in [0.15, 0.2) is 5.78 Å². The normalized spacial score (nSPS) is 11.3. The average molecular weight is 479 g/mol. The first kappa shape index (κ1) is 20.6. The lowest BCUT2D eigenvalue weighted by Gasteiger charge is -2.22. The van der Waals surface area contributed by atoms with Crippen LogP contribution in [0.3, 0.4) is 0 Å². The summed E-state index contributed by atoms with van der Waals surface area (Å²) in [5, 5.41) is 0.308. The fourth-order valence-electron chi connectivity index (χ4n) is 2.75. The van der Waals surface area contributed by atoms with Crippen molar-refractivity contribution in [3.05, 3.63) is 92.9 Å². The summed E-state index contributed by atoms with van der Waals surface area (Å²) in [6, 6.07) is 18.1. The third-order valence-electron chi connectivity index (χ3n) is 4.34. The molecular formula is C21H17BrClNO3S. The van der Waals surface area contributed by atoms with Crippen molar-refractivity contribution in [2.75, 3.05) is 11.4 Å². The molecule has 0 saturated carbocycles. The van der Waals surface area contributed by atoms with E-state index in [1.165, 1.54) is 7.05 Å². The van der Waals surface area contributed by atoms with Gasteiger partial charge < -0.3 is 0 Å². The van der Waals surface area contributed by atoms with Crippen molar-refractivity contribution >= 4 is 49.0 Å². The minimum atomic E-state index is -3.84. The Labute approximate surface area is 177 Å². The molecule has 0 saturated heterocycles. The third-order valence-corrected chi connectivity index (χ3v) is 6.95. The topological polar surface area (TPSA) is 54.5 Å². The highest BCUT2D eigenvalue weighted by Crippen LogP contribution is 2.31. The molecular weight excluding hydrogens is 462 g/mol. The molecule has 0 aliphatic rings. The molecule has 0 fully saturated rings. The lowest BCUT2D eigenvalue weighted by atomic mass is 10.0.